The molecule has 0 atom stereocenters. The zero-order valence-corrected chi connectivity index (χ0v) is 19.0. The number of hydrogen-bond donors (Lipinski definition) is 1. The maximum absolute atomic E-state index is 14.0. The Balaban J connectivity index is 1.11. The summed E-state index contributed by atoms with van der Waals surface area (Å²) >= 11 is 0. The van der Waals surface area contributed by atoms with Gasteiger partial charge in [-0.1, -0.05) is 18.2 Å². The van der Waals surface area contributed by atoms with E-state index in [0.717, 1.165) is 36.0 Å². The molecule has 2 aromatic carbocycles. The van der Waals surface area contributed by atoms with Crippen LogP contribution in [0.5, 0.6) is 0 Å². The fraction of sp³-hybridized carbons (Fsp3) is 0.308. The summed E-state index contributed by atoms with van der Waals surface area (Å²) in [5.74, 6) is -1.68. The Morgan fingerprint density at radius 1 is 0.943 bits per heavy atom. The number of carbonyl (C=O) groups excluding carboxylic acids is 2. The summed E-state index contributed by atoms with van der Waals surface area (Å²) < 4.78 is 27.5. The molecule has 0 saturated carbocycles. The van der Waals surface area contributed by atoms with Crippen LogP contribution >= 0.6 is 0 Å². The number of hydrogen-bond acceptors (Lipinski definition) is 5. The molecule has 5 rings (SSSR count). The molecule has 2 aliphatic rings. The number of carbonyl (C=O) groups is 2. The average Bonchev–Trinajstić information content (AvgIpc) is 2.86. The Kier molecular flexibility index (Phi) is 6.39. The van der Waals surface area contributed by atoms with Crippen molar-refractivity contribution in [3.05, 3.63) is 83.6 Å². The third-order valence-corrected chi connectivity index (χ3v) is 6.75. The van der Waals surface area contributed by atoms with Gasteiger partial charge in [0.15, 0.2) is 17.5 Å². The molecule has 9 heteroatoms. The van der Waals surface area contributed by atoms with Crippen molar-refractivity contribution in [3.63, 3.8) is 0 Å². The average molecular weight is 478 g/mol. The highest BCUT2D eigenvalue weighted by atomic mass is 19.2. The van der Waals surface area contributed by atoms with Crippen LogP contribution in [0.25, 0.3) is 0 Å². The molecule has 3 aromatic rings. The van der Waals surface area contributed by atoms with E-state index in [4.69, 9.17) is 0 Å². The number of aromatic nitrogens is 2. The molecule has 7 nitrogen and oxygen atoms in total. The molecule has 2 saturated heterocycles. The van der Waals surface area contributed by atoms with Crippen LogP contribution < -0.4 is 10.2 Å². The lowest BCUT2D eigenvalue weighted by Crippen LogP contribution is -2.52. The van der Waals surface area contributed by atoms with E-state index in [0.29, 0.717) is 26.2 Å². The summed E-state index contributed by atoms with van der Waals surface area (Å²) in [6.45, 7) is 2.17. The molecule has 2 aliphatic heterocycles. The Bertz CT molecular complexity index is 1210. The highest BCUT2D eigenvalue weighted by Gasteiger charge is 2.33. The van der Waals surface area contributed by atoms with Gasteiger partial charge in [0.05, 0.1) is 11.5 Å². The van der Waals surface area contributed by atoms with E-state index in [9.17, 15) is 18.4 Å². The highest BCUT2D eigenvalue weighted by Crippen LogP contribution is 2.30. The van der Waals surface area contributed by atoms with Crippen LogP contribution in [0.1, 0.15) is 34.7 Å². The van der Waals surface area contributed by atoms with Crippen molar-refractivity contribution in [2.24, 2.45) is 5.92 Å². The van der Waals surface area contributed by atoms with Gasteiger partial charge >= 0.3 is 0 Å². The lowest BCUT2D eigenvalue weighted by molar-refractivity contribution is -0.120. The molecule has 2 amide bonds. The Labute approximate surface area is 201 Å². The number of nitrogens with zero attached hydrogens (tertiary/aromatic N) is 4. The van der Waals surface area contributed by atoms with Crippen molar-refractivity contribution in [1.29, 1.82) is 0 Å². The van der Waals surface area contributed by atoms with Crippen LogP contribution in [0, 0.1) is 17.6 Å². The SMILES string of the molecule is O=C(Nc1ccc(C2CCN(C(=O)c3cccc(F)c3F)CC2)cc1)C1CN(c2cccnn2)C1. The van der Waals surface area contributed by atoms with Gasteiger partial charge in [-0.05, 0) is 60.7 Å². The van der Waals surface area contributed by atoms with E-state index >= 15 is 0 Å². The van der Waals surface area contributed by atoms with Gasteiger partial charge in [0.25, 0.3) is 5.91 Å². The van der Waals surface area contributed by atoms with E-state index in [1.807, 2.05) is 41.3 Å². The number of piperidine rings is 1. The molecule has 0 spiro atoms. The summed E-state index contributed by atoms with van der Waals surface area (Å²) in [5, 5.41) is 10.9. The van der Waals surface area contributed by atoms with Gasteiger partial charge in [-0.15, -0.1) is 5.10 Å². The summed E-state index contributed by atoms with van der Waals surface area (Å²) in [7, 11) is 0. The molecule has 3 heterocycles. The van der Waals surface area contributed by atoms with Crippen molar-refractivity contribution in [1.82, 2.24) is 15.1 Å². The molecule has 180 valence electrons. The van der Waals surface area contributed by atoms with Crippen molar-refractivity contribution >= 4 is 23.3 Å². The van der Waals surface area contributed by atoms with Gasteiger partial charge in [0.2, 0.25) is 5.91 Å². The lowest BCUT2D eigenvalue weighted by Gasteiger charge is -2.38. The minimum atomic E-state index is -1.10. The molecule has 0 bridgehead atoms. The first-order valence-corrected chi connectivity index (χ1v) is 11.7. The van der Waals surface area contributed by atoms with Gasteiger partial charge in [0, 0.05) is 38.1 Å². The number of amides is 2. The summed E-state index contributed by atoms with van der Waals surface area (Å²) in [5.41, 5.74) is 1.64. The second kappa shape index (κ2) is 9.77. The molecule has 0 unspecified atom stereocenters. The van der Waals surface area contributed by atoms with Crippen molar-refractivity contribution < 1.29 is 18.4 Å². The predicted molar refractivity (Wildman–Crippen MR) is 127 cm³/mol. The first kappa shape index (κ1) is 22.9. The van der Waals surface area contributed by atoms with E-state index < -0.39 is 17.5 Å². The Morgan fingerprint density at radius 2 is 1.69 bits per heavy atom. The van der Waals surface area contributed by atoms with Crippen LogP contribution in [0.4, 0.5) is 20.3 Å². The molecule has 2 fully saturated rings. The number of halogens is 2. The largest absolute Gasteiger partial charge is 0.353 e. The number of anilines is 2. The van der Waals surface area contributed by atoms with E-state index in [1.165, 1.54) is 12.1 Å². The minimum absolute atomic E-state index is 0.0192. The molecule has 0 aliphatic carbocycles. The van der Waals surface area contributed by atoms with Crippen LogP contribution in [-0.4, -0.2) is 53.1 Å². The van der Waals surface area contributed by atoms with Crippen LogP contribution in [-0.2, 0) is 4.79 Å². The first-order valence-electron chi connectivity index (χ1n) is 11.7. The molecule has 35 heavy (non-hydrogen) atoms. The third-order valence-electron chi connectivity index (χ3n) is 6.75. The number of likely N-dealkylation sites (tertiary alicyclic amines) is 1. The standard InChI is InChI=1S/C26H25F2N5O2/c27-22-4-1-3-21(24(22)28)26(35)32-13-10-18(11-14-32)17-6-8-20(9-7-17)30-25(34)19-15-33(16-19)23-5-2-12-29-31-23/h1-9,12,18-19H,10-11,13-16H2,(H,30,34). The number of rotatable bonds is 5. The molecule has 0 radical (unpaired) electrons. The van der Waals surface area contributed by atoms with Gasteiger partial charge in [0.1, 0.15) is 0 Å². The van der Waals surface area contributed by atoms with Crippen LogP contribution in [0.3, 0.4) is 0 Å². The number of nitrogens with one attached hydrogen (secondary N) is 1. The van der Waals surface area contributed by atoms with Crippen molar-refractivity contribution in [3.8, 4) is 0 Å². The quantitative estimate of drug-likeness (QED) is 0.604. The van der Waals surface area contributed by atoms with Gasteiger partial charge in [-0.25, -0.2) is 8.78 Å². The fourth-order valence-electron chi connectivity index (χ4n) is 4.63. The smallest absolute Gasteiger partial charge is 0.256 e. The minimum Gasteiger partial charge on any atom is -0.353 e. The molecule has 1 aromatic heterocycles. The monoisotopic (exact) mass is 477 g/mol. The van der Waals surface area contributed by atoms with Crippen molar-refractivity contribution in [2.75, 3.05) is 36.4 Å². The number of benzene rings is 2. The lowest BCUT2D eigenvalue weighted by atomic mass is 9.89. The summed E-state index contributed by atoms with van der Waals surface area (Å²) in [6.07, 6.45) is 3.08. The normalized spacial score (nSPS) is 16.6. The van der Waals surface area contributed by atoms with E-state index in [-0.39, 0.29) is 23.3 Å². The third kappa shape index (κ3) is 4.84. The molecular formula is C26H25F2N5O2. The summed E-state index contributed by atoms with van der Waals surface area (Å²) in [4.78, 5) is 28.8. The maximum atomic E-state index is 14.0. The molecular weight excluding hydrogens is 452 g/mol. The fourth-order valence-corrected chi connectivity index (χ4v) is 4.63. The Hall–Kier alpha value is -3.88. The van der Waals surface area contributed by atoms with Crippen molar-refractivity contribution in [2.45, 2.75) is 18.8 Å². The van der Waals surface area contributed by atoms with E-state index in [1.54, 1.807) is 11.1 Å². The zero-order chi connectivity index (χ0) is 24.4. The zero-order valence-electron chi connectivity index (χ0n) is 19.0. The first-order chi connectivity index (χ1) is 17.0. The highest BCUT2D eigenvalue weighted by molar-refractivity contribution is 5.95. The van der Waals surface area contributed by atoms with Crippen LogP contribution in [0.15, 0.2) is 60.8 Å². The van der Waals surface area contributed by atoms with Gasteiger partial charge < -0.3 is 15.1 Å². The second-order valence-corrected chi connectivity index (χ2v) is 8.96. The second-order valence-electron chi connectivity index (χ2n) is 8.96. The Morgan fingerprint density at radius 3 is 2.37 bits per heavy atom. The maximum Gasteiger partial charge on any atom is 0.256 e. The topological polar surface area (TPSA) is 78.4 Å². The van der Waals surface area contributed by atoms with Gasteiger partial charge in [-0.3, -0.25) is 9.59 Å². The summed E-state index contributed by atoms with van der Waals surface area (Å²) in [6, 6.07) is 15.1. The van der Waals surface area contributed by atoms with Crippen LogP contribution in [0.2, 0.25) is 0 Å². The van der Waals surface area contributed by atoms with E-state index in [2.05, 4.69) is 15.5 Å². The molecule has 1 N–H and O–H groups in total. The predicted octanol–water partition coefficient (Wildman–Crippen LogP) is 3.85. The van der Waals surface area contributed by atoms with Gasteiger partial charge in [-0.2, -0.15) is 5.10 Å².